The Morgan fingerprint density at radius 3 is 3.11 bits per heavy atom. The second-order valence-electron chi connectivity index (χ2n) is 1.77. The molecule has 0 fully saturated rings. The molecule has 1 heterocycles. The number of halogens is 1. The SMILES string of the molecule is BrCCCc1ccns1. The van der Waals surface area contributed by atoms with Crippen LogP contribution in [0.25, 0.3) is 0 Å². The highest BCUT2D eigenvalue weighted by Crippen LogP contribution is 2.07. The predicted octanol–water partition coefficient (Wildman–Crippen LogP) is 2.47. The van der Waals surface area contributed by atoms with E-state index in [0.29, 0.717) is 0 Å². The van der Waals surface area contributed by atoms with Crippen molar-refractivity contribution in [3.63, 3.8) is 0 Å². The van der Waals surface area contributed by atoms with Crippen molar-refractivity contribution in [3.05, 3.63) is 17.1 Å². The molecule has 9 heavy (non-hydrogen) atoms. The first kappa shape index (κ1) is 7.22. The first-order valence-electron chi connectivity index (χ1n) is 2.89. The standard InChI is InChI=1S/C6H8BrNS/c7-4-1-2-6-3-5-8-9-6/h3,5H,1-2,4H2. The van der Waals surface area contributed by atoms with Gasteiger partial charge in [0.05, 0.1) is 0 Å². The van der Waals surface area contributed by atoms with E-state index >= 15 is 0 Å². The molecule has 0 atom stereocenters. The van der Waals surface area contributed by atoms with Crippen LogP contribution in [0, 0.1) is 0 Å². The Morgan fingerprint density at radius 1 is 1.67 bits per heavy atom. The molecule has 0 aliphatic heterocycles. The highest BCUT2D eigenvalue weighted by atomic mass is 79.9. The van der Waals surface area contributed by atoms with Crippen LogP contribution in [0.3, 0.4) is 0 Å². The Bertz CT molecular complexity index is 150. The molecule has 1 nitrogen and oxygen atoms in total. The van der Waals surface area contributed by atoms with Crippen molar-refractivity contribution in [1.82, 2.24) is 4.37 Å². The molecule has 0 unspecified atom stereocenters. The molecule has 0 aliphatic rings. The molecule has 1 aromatic rings. The van der Waals surface area contributed by atoms with Crippen molar-refractivity contribution < 1.29 is 0 Å². The fourth-order valence-corrected chi connectivity index (χ4v) is 1.51. The smallest absolute Gasteiger partial charge is 0.0409 e. The molecule has 0 saturated carbocycles. The zero-order valence-corrected chi connectivity index (χ0v) is 7.41. The van der Waals surface area contributed by atoms with Crippen LogP contribution in [0.5, 0.6) is 0 Å². The molecule has 0 saturated heterocycles. The highest BCUT2D eigenvalue weighted by molar-refractivity contribution is 9.09. The summed E-state index contributed by atoms with van der Waals surface area (Å²) in [7, 11) is 0. The number of rotatable bonds is 3. The van der Waals surface area contributed by atoms with E-state index < -0.39 is 0 Å². The average molecular weight is 206 g/mol. The highest BCUT2D eigenvalue weighted by Gasteiger charge is 1.91. The third kappa shape index (κ3) is 2.45. The zero-order chi connectivity index (χ0) is 6.53. The molecule has 0 amide bonds. The maximum Gasteiger partial charge on any atom is 0.0409 e. The van der Waals surface area contributed by atoms with E-state index in [1.165, 1.54) is 11.3 Å². The summed E-state index contributed by atoms with van der Waals surface area (Å²) in [6.45, 7) is 0. The molecule has 0 radical (unpaired) electrons. The van der Waals surface area contributed by atoms with Crippen molar-refractivity contribution in [2.45, 2.75) is 12.8 Å². The van der Waals surface area contributed by atoms with Gasteiger partial charge in [-0.1, -0.05) is 15.9 Å². The van der Waals surface area contributed by atoms with Gasteiger partial charge in [-0.2, -0.15) is 0 Å². The summed E-state index contributed by atoms with van der Waals surface area (Å²) in [4.78, 5) is 1.38. The van der Waals surface area contributed by atoms with Gasteiger partial charge in [0.1, 0.15) is 0 Å². The minimum absolute atomic E-state index is 1.09. The minimum Gasteiger partial charge on any atom is -0.201 e. The predicted molar refractivity (Wildman–Crippen MR) is 44.2 cm³/mol. The van der Waals surface area contributed by atoms with Crippen LogP contribution in [0.4, 0.5) is 0 Å². The van der Waals surface area contributed by atoms with Gasteiger partial charge in [-0.3, -0.25) is 0 Å². The lowest BCUT2D eigenvalue weighted by atomic mass is 10.3. The maximum absolute atomic E-state index is 4.00. The summed E-state index contributed by atoms with van der Waals surface area (Å²) in [6, 6.07) is 2.08. The lowest BCUT2D eigenvalue weighted by Crippen LogP contribution is -1.78. The third-order valence-corrected chi connectivity index (χ3v) is 2.41. The van der Waals surface area contributed by atoms with Gasteiger partial charge in [0.2, 0.25) is 0 Å². The van der Waals surface area contributed by atoms with Crippen LogP contribution in [0.15, 0.2) is 12.3 Å². The van der Waals surface area contributed by atoms with E-state index in [-0.39, 0.29) is 0 Å². The number of nitrogens with zero attached hydrogens (tertiary/aromatic N) is 1. The first-order chi connectivity index (χ1) is 4.43. The third-order valence-electron chi connectivity index (χ3n) is 1.05. The number of aryl methyl sites for hydroxylation is 1. The van der Waals surface area contributed by atoms with Gasteiger partial charge in [0, 0.05) is 16.4 Å². The van der Waals surface area contributed by atoms with Crippen molar-refractivity contribution in [2.75, 3.05) is 5.33 Å². The Balaban J connectivity index is 2.30. The van der Waals surface area contributed by atoms with Crippen LogP contribution < -0.4 is 0 Å². The van der Waals surface area contributed by atoms with Crippen molar-refractivity contribution >= 4 is 27.5 Å². The fourth-order valence-electron chi connectivity index (χ4n) is 0.612. The van der Waals surface area contributed by atoms with Gasteiger partial charge in [-0.25, -0.2) is 4.37 Å². The van der Waals surface area contributed by atoms with Crippen LogP contribution in [-0.2, 0) is 6.42 Å². The molecule has 1 aromatic heterocycles. The monoisotopic (exact) mass is 205 g/mol. The van der Waals surface area contributed by atoms with Gasteiger partial charge in [-0.05, 0) is 30.4 Å². The van der Waals surface area contributed by atoms with E-state index in [1.807, 2.05) is 6.20 Å². The van der Waals surface area contributed by atoms with Gasteiger partial charge in [0.25, 0.3) is 0 Å². The van der Waals surface area contributed by atoms with Crippen LogP contribution in [0.1, 0.15) is 11.3 Å². The second kappa shape index (κ2) is 4.01. The molecule has 0 N–H and O–H groups in total. The Hall–Kier alpha value is 0.110. The number of hydrogen-bond acceptors (Lipinski definition) is 2. The Morgan fingerprint density at radius 2 is 2.56 bits per heavy atom. The minimum atomic E-state index is 1.09. The molecule has 3 heteroatoms. The Kier molecular flexibility index (Phi) is 3.22. The van der Waals surface area contributed by atoms with Gasteiger partial charge in [0.15, 0.2) is 0 Å². The zero-order valence-electron chi connectivity index (χ0n) is 5.01. The summed E-state index contributed by atoms with van der Waals surface area (Å²) < 4.78 is 4.00. The average Bonchev–Trinajstić information content (AvgIpc) is 2.34. The van der Waals surface area contributed by atoms with Crippen molar-refractivity contribution in [3.8, 4) is 0 Å². The molecule has 0 bridgehead atoms. The van der Waals surface area contributed by atoms with Gasteiger partial charge >= 0.3 is 0 Å². The molecular formula is C6H8BrNS. The largest absolute Gasteiger partial charge is 0.201 e. The summed E-state index contributed by atoms with van der Waals surface area (Å²) in [6.07, 6.45) is 4.23. The van der Waals surface area contributed by atoms with Gasteiger partial charge in [-0.15, -0.1) is 0 Å². The van der Waals surface area contributed by atoms with E-state index in [0.717, 1.165) is 11.8 Å². The Labute approximate surface area is 67.4 Å². The first-order valence-corrected chi connectivity index (χ1v) is 4.78. The van der Waals surface area contributed by atoms with E-state index in [9.17, 15) is 0 Å². The molecule has 50 valence electrons. The van der Waals surface area contributed by atoms with E-state index in [2.05, 4.69) is 26.4 Å². The summed E-state index contributed by atoms with van der Waals surface area (Å²) >= 11 is 4.97. The fraction of sp³-hybridized carbons (Fsp3) is 0.500. The topological polar surface area (TPSA) is 12.9 Å². The number of alkyl halides is 1. The van der Waals surface area contributed by atoms with E-state index in [1.54, 1.807) is 11.5 Å². The lowest BCUT2D eigenvalue weighted by Gasteiger charge is -1.88. The number of aromatic nitrogens is 1. The molecule has 1 rings (SSSR count). The molecule has 0 spiro atoms. The van der Waals surface area contributed by atoms with Crippen molar-refractivity contribution in [1.29, 1.82) is 0 Å². The van der Waals surface area contributed by atoms with Crippen LogP contribution >= 0.6 is 27.5 Å². The van der Waals surface area contributed by atoms with Crippen LogP contribution in [-0.4, -0.2) is 9.70 Å². The van der Waals surface area contributed by atoms with Crippen molar-refractivity contribution in [2.24, 2.45) is 0 Å². The summed E-state index contributed by atoms with van der Waals surface area (Å²) in [5, 5.41) is 1.09. The van der Waals surface area contributed by atoms with Crippen LogP contribution in [0.2, 0.25) is 0 Å². The van der Waals surface area contributed by atoms with E-state index in [4.69, 9.17) is 0 Å². The molecule has 0 aromatic carbocycles. The number of hydrogen-bond donors (Lipinski definition) is 0. The normalized spacial score (nSPS) is 9.89. The van der Waals surface area contributed by atoms with Gasteiger partial charge < -0.3 is 0 Å². The molecule has 0 aliphatic carbocycles. The summed E-state index contributed by atoms with van der Waals surface area (Å²) in [5.41, 5.74) is 0. The summed E-state index contributed by atoms with van der Waals surface area (Å²) in [5.74, 6) is 0. The maximum atomic E-state index is 4.00. The quantitative estimate of drug-likeness (QED) is 0.692. The molecular weight excluding hydrogens is 198 g/mol. The lowest BCUT2D eigenvalue weighted by molar-refractivity contribution is 0.959. The second-order valence-corrected chi connectivity index (χ2v) is 3.48.